The number of amides is 2. The molecule has 7 heteroatoms. The first kappa shape index (κ1) is 16.2. The number of hydrogen-bond acceptors (Lipinski definition) is 2. The maximum Gasteiger partial charge on any atom is 0.319 e. The summed E-state index contributed by atoms with van der Waals surface area (Å²) in [6, 6.07) is 9.13. The van der Waals surface area contributed by atoms with Gasteiger partial charge in [-0.25, -0.2) is 13.6 Å². The van der Waals surface area contributed by atoms with Gasteiger partial charge < -0.3 is 15.7 Å². The highest BCUT2D eigenvalue weighted by Crippen LogP contribution is 2.20. The summed E-state index contributed by atoms with van der Waals surface area (Å²) in [6.45, 7) is -0.165. The molecule has 0 aliphatic rings. The normalized spacial score (nSPS) is 11.8. The van der Waals surface area contributed by atoms with Gasteiger partial charge in [-0.05, 0) is 29.8 Å². The fourth-order valence-corrected chi connectivity index (χ4v) is 1.94. The Morgan fingerprint density at radius 2 is 1.91 bits per heavy atom. The predicted molar refractivity (Wildman–Crippen MR) is 79.8 cm³/mol. The van der Waals surface area contributed by atoms with Gasteiger partial charge in [-0.15, -0.1) is 0 Å². The molecule has 0 bridgehead atoms. The molecule has 1 atom stereocenters. The number of carbonyl (C=O) groups is 1. The minimum Gasteiger partial charge on any atom is -0.387 e. The van der Waals surface area contributed by atoms with Crippen LogP contribution >= 0.6 is 11.6 Å². The number of rotatable bonds is 4. The molecule has 116 valence electrons. The Labute approximate surface area is 130 Å². The molecule has 4 nitrogen and oxygen atoms in total. The van der Waals surface area contributed by atoms with E-state index in [2.05, 4.69) is 10.6 Å². The molecule has 0 heterocycles. The third-order valence-corrected chi connectivity index (χ3v) is 3.24. The quantitative estimate of drug-likeness (QED) is 0.805. The van der Waals surface area contributed by atoms with Crippen LogP contribution in [0.15, 0.2) is 42.5 Å². The molecule has 0 aromatic heterocycles. The van der Waals surface area contributed by atoms with E-state index < -0.39 is 23.8 Å². The van der Waals surface area contributed by atoms with Crippen molar-refractivity contribution in [1.82, 2.24) is 5.32 Å². The van der Waals surface area contributed by atoms with Crippen molar-refractivity contribution in [3.8, 4) is 0 Å². The largest absolute Gasteiger partial charge is 0.387 e. The van der Waals surface area contributed by atoms with Gasteiger partial charge in [-0.2, -0.15) is 0 Å². The summed E-state index contributed by atoms with van der Waals surface area (Å²) in [7, 11) is 0. The zero-order valence-corrected chi connectivity index (χ0v) is 12.1. The fraction of sp³-hybridized carbons (Fsp3) is 0.133. The molecular formula is C15H13ClF2N2O2. The number of anilines is 1. The summed E-state index contributed by atoms with van der Waals surface area (Å²) >= 11 is 5.89. The van der Waals surface area contributed by atoms with Crippen LogP contribution in [0.4, 0.5) is 19.3 Å². The maximum absolute atomic E-state index is 13.1. The number of aliphatic hydroxyl groups excluding tert-OH is 1. The second-order valence-electron chi connectivity index (χ2n) is 4.50. The van der Waals surface area contributed by atoms with Gasteiger partial charge in [0.05, 0.1) is 16.8 Å². The lowest BCUT2D eigenvalue weighted by atomic mass is 10.1. The van der Waals surface area contributed by atoms with Crippen LogP contribution in [0.2, 0.25) is 5.02 Å². The maximum atomic E-state index is 13.1. The van der Waals surface area contributed by atoms with Crippen LogP contribution in [-0.4, -0.2) is 17.7 Å². The summed E-state index contributed by atoms with van der Waals surface area (Å²) in [5, 5.41) is 15.1. The number of hydrogen-bond donors (Lipinski definition) is 3. The van der Waals surface area contributed by atoms with Crippen molar-refractivity contribution in [2.24, 2.45) is 0 Å². The van der Waals surface area contributed by atoms with Crippen LogP contribution in [-0.2, 0) is 0 Å². The summed E-state index contributed by atoms with van der Waals surface area (Å²) in [5.74, 6) is -2.06. The smallest absolute Gasteiger partial charge is 0.319 e. The Morgan fingerprint density at radius 3 is 2.59 bits per heavy atom. The average molecular weight is 327 g/mol. The van der Waals surface area contributed by atoms with Gasteiger partial charge in [0.1, 0.15) is 0 Å². The first-order valence-corrected chi connectivity index (χ1v) is 6.77. The van der Waals surface area contributed by atoms with Gasteiger partial charge in [0.25, 0.3) is 0 Å². The number of aliphatic hydroxyl groups is 1. The molecule has 0 aliphatic heterocycles. The molecule has 1 unspecified atom stereocenters. The van der Waals surface area contributed by atoms with E-state index in [1.165, 1.54) is 6.07 Å². The average Bonchev–Trinajstić information content (AvgIpc) is 2.50. The molecule has 0 spiro atoms. The standard InChI is InChI=1S/C15H13ClF2N2O2/c16-10-3-1-2-4-13(10)20-15(22)19-8-14(21)9-5-6-11(17)12(18)7-9/h1-7,14,21H,8H2,(H2,19,20,22). The van der Waals surface area contributed by atoms with Crippen molar-refractivity contribution in [2.45, 2.75) is 6.10 Å². The topological polar surface area (TPSA) is 61.4 Å². The van der Waals surface area contributed by atoms with E-state index in [9.17, 15) is 18.7 Å². The molecular weight excluding hydrogens is 314 g/mol. The van der Waals surface area contributed by atoms with Crippen molar-refractivity contribution < 1.29 is 18.7 Å². The Bertz CT molecular complexity index is 682. The van der Waals surface area contributed by atoms with Gasteiger partial charge in [-0.3, -0.25) is 0 Å². The van der Waals surface area contributed by atoms with Crippen molar-refractivity contribution >= 4 is 23.3 Å². The zero-order chi connectivity index (χ0) is 16.1. The van der Waals surface area contributed by atoms with Crippen molar-refractivity contribution in [3.63, 3.8) is 0 Å². The second kappa shape index (κ2) is 7.20. The van der Waals surface area contributed by atoms with Gasteiger partial charge in [0.15, 0.2) is 11.6 Å². The molecule has 0 saturated heterocycles. The van der Waals surface area contributed by atoms with Gasteiger partial charge in [0.2, 0.25) is 0 Å². The summed E-state index contributed by atoms with van der Waals surface area (Å²) in [5.41, 5.74) is 0.584. The van der Waals surface area contributed by atoms with E-state index in [0.29, 0.717) is 10.7 Å². The molecule has 0 fully saturated rings. The molecule has 0 aliphatic carbocycles. The van der Waals surface area contributed by atoms with Gasteiger partial charge in [0, 0.05) is 6.54 Å². The molecule has 22 heavy (non-hydrogen) atoms. The monoisotopic (exact) mass is 326 g/mol. The van der Waals surface area contributed by atoms with Crippen LogP contribution in [0.5, 0.6) is 0 Å². The van der Waals surface area contributed by atoms with Crippen LogP contribution in [0.3, 0.4) is 0 Å². The van der Waals surface area contributed by atoms with E-state index in [-0.39, 0.29) is 12.1 Å². The third kappa shape index (κ3) is 4.16. The summed E-state index contributed by atoms with van der Waals surface area (Å²) in [4.78, 5) is 11.7. The Kier molecular flexibility index (Phi) is 5.30. The lowest BCUT2D eigenvalue weighted by molar-refractivity contribution is 0.174. The number of nitrogens with one attached hydrogen (secondary N) is 2. The first-order chi connectivity index (χ1) is 10.5. The number of benzene rings is 2. The van der Waals surface area contributed by atoms with Crippen molar-refractivity contribution in [3.05, 3.63) is 64.7 Å². The predicted octanol–water partition coefficient (Wildman–Crippen LogP) is 3.47. The van der Waals surface area contributed by atoms with Crippen molar-refractivity contribution in [2.75, 3.05) is 11.9 Å². The van der Waals surface area contributed by atoms with E-state index in [1.54, 1.807) is 24.3 Å². The molecule has 3 N–H and O–H groups in total. The van der Waals surface area contributed by atoms with E-state index in [0.717, 1.165) is 12.1 Å². The molecule has 2 amide bonds. The van der Waals surface area contributed by atoms with E-state index >= 15 is 0 Å². The van der Waals surface area contributed by atoms with E-state index in [4.69, 9.17) is 11.6 Å². The minimum absolute atomic E-state index is 0.164. The number of carbonyl (C=O) groups excluding carboxylic acids is 1. The highest BCUT2D eigenvalue weighted by Gasteiger charge is 2.12. The van der Waals surface area contributed by atoms with Crippen LogP contribution < -0.4 is 10.6 Å². The molecule has 0 saturated carbocycles. The zero-order valence-electron chi connectivity index (χ0n) is 11.3. The summed E-state index contributed by atoms with van der Waals surface area (Å²) < 4.78 is 25.9. The Balaban J connectivity index is 1.90. The minimum atomic E-state index is -1.16. The molecule has 0 radical (unpaired) electrons. The van der Waals surface area contributed by atoms with Crippen LogP contribution in [0.1, 0.15) is 11.7 Å². The van der Waals surface area contributed by atoms with Gasteiger partial charge >= 0.3 is 6.03 Å². The third-order valence-electron chi connectivity index (χ3n) is 2.91. The van der Waals surface area contributed by atoms with Gasteiger partial charge in [-0.1, -0.05) is 29.8 Å². The fourth-order valence-electron chi connectivity index (χ4n) is 1.76. The lowest BCUT2D eigenvalue weighted by Crippen LogP contribution is -2.32. The lowest BCUT2D eigenvalue weighted by Gasteiger charge is -2.13. The molecule has 2 aromatic rings. The molecule has 2 aromatic carbocycles. The second-order valence-corrected chi connectivity index (χ2v) is 4.91. The van der Waals surface area contributed by atoms with Crippen LogP contribution in [0, 0.1) is 11.6 Å². The molecule has 2 rings (SSSR count). The Morgan fingerprint density at radius 1 is 1.18 bits per heavy atom. The number of urea groups is 1. The van der Waals surface area contributed by atoms with Crippen LogP contribution in [0.25, 0.3) is 0 Å². The van der Waals surface area contributed by atoms with Crippen molar-refractivity contribution in [1.29, 1.82) is 0 Å². The highest BCUT2D eigenvalue weighted by molar-refractivity contribution is 6.33. The first-order valence-electron chi connectivity index (χ1n) is 6.40. The SMILES string of the molecule is O=C(NCC(O)c1ccc(F)c(F)c1)Nc1ccccc1Cl. The van der Waals surface area contributed by atoms with E-state index in [1.807, 2.05) is 0 Å². The number of para-hydroxylation sites is 1. The highest BCUT2D eigenvalue weighted by atomic mass is 35.5. The summed E-state index contributed by atoms with van der Waals surface area (Å²) in [6.07, 6.45) is -1.16. The number of halogens is 3. The Hall–Kier alpha value is -2.18.